The van der Waals surface area contributed by atoms with Crippen molar-refractivity contribution in [2.75, 3.05) is 26.0 Å². The van der Waals surface area contributed by atoms with E-state index in [2.05, 4.69) is 0 Å². The predicted octanol–water partition coefficient (Wildman–Crippen LogP) is 0.483. The summed E-state index contributed by atoms with van der Waals surface area (Å²) in [6.07, 6.45) is 1.17. The third kappa shape index (κ3) is 1.95. The Labute approximate surface area is 72.6 Å². The number of halogens is 1. The molecule has 0 spiro atoms. The van der Waals surface area contributed by atoms with Crippen molar-refractivity contribution >= 4 is 10.0 Å². The molecule has 72 valence electrons. The molecule has 1 rings (SSSR count). The molecule has 3 nitrogen and oxygen atoms in total. The van der Waals surface area contributed by atoms with E-state index in [9.17, 15) is 12.8 Å². The van der Waals surface area contributed by atoms with Gasteiger partial charge in [-0.05, 0) is 5.92 Å². The molecule has 0 amide bonds. The van der Waals surface area contributed by atoms with E-state index in [0.717, 1.165) is 0 Å². The monoisotopic (exact) mass is 195 g/mol. The number of rotatable bonds is 2. The highest BCUT2D eigenvalue weighted by Crippen LogP contribution is 2.24. The fourth-order valence-electron chi connectivity index (χ4n) is 1.46. The second-order valence-electron chi connectivity index (χ2n) is 3.47. The van der Waals surface area contributed by atoms with Crippen LogP contribution in [0, 0.1) is 11.8 Å². The molecule has 1 aliphatic rings. The number of hydrogen-bond donors (Lipinski definition) is 0. The number of sulfonamides is 1. The van der Waals surface area contributed by atoms with Gasteiger partial charge in [-0.1, -0.05) is 6.92 Å². The Kier molecular flexibility index (Phi) is 2.73. The Morgan fingerprint density at radius 3 is 2.33 bits per heavy atom. The molecule has 1 fully saturated rings. The summed E-state index contributed by atoms with van der Waals surface area (Å²) >= 11 is 0. The summed E-state index contributed by atoms with van der Waals surface area (Å²) in [5, 5.41) is 0. The number of hydrogen-bond acceptors (Lipinski definition) is 2. The predicted molar refractivity (Wildman–Crippen MR) is 45.0 cm³/mol. The molecule has 1 saturated heterocycles. The number of alkyl halides is 1. The SMILES string of the molecule is CC1CN(S(C)(=O)=O)CC1CF. The van der Waals surface area contributed by atoms with Crippen molar-refractivity contribution in [3.8, 4) is 0 Å². The first-order chi connectivity index (χ1) is 5.45. The lowest BCUT2D eigenvalue weighted by molar-refractivity contribution is 0.326. The quantitative estimate of drug-likeness (QED) is 0.643. The van der Waals surface area contributed by atoms with Gasteiger partial charge in [0.1, 0.15) is 0 Å². The average Bonchev–Trinajstić information content (AvgIpc) is 2.29. The lowest BCUT2D eigenvalue weighted by Gasteiger charge is -2.11. The summed E-state index contributed by atoms with van der Waals surface area (Å²) in [5.74, 6) is 0.0319. The molecule has 0 radical (unpaired) electrons. The van der Waals surface area contributed by atoms with E-state index in [1.807, 2.05) is 6.92 Å². The Balaban J connectivity index is 2.67. The lowest BCUT2D eigenvalue weighted by Crippen LogP contribution is -2.27. The maximum absolute atomic E-state index is 12.3. The van der Waals surface area contributed by atoms with Crippen LogP contribution in [0.5, 0.6) is 0 Å². The van der Waals surface area contributed by atoms with Gasteiger partial charge in [0.15, 0.2) is 0 Å². The Hall–Kier alpha value is -0.160. The van der Waals surface area contributed by atoms with Crippen molar-refractivity contribution in [3.63, 3.8) is 0 Å². The highest BCUT2D eigenvalue weighted by molar-refractivity contribution is 7.88. The highest BCUT2D eigenvalue weighted by atomic mass is 32.2. The molecule has 0 saturated carbocycles. The van der Waals surface area contributed by atoms with E-state index in [1.165, 1.54) is 10.6 Å². The van der Waals surface area contributed by atoms with Crippen molar-refractivity contribution < 1.29 is 12.8 Å². The zero-order valence-electron chi connectivity index (χ0n) is 7.33. The lowest BCUT2D eigenvalue weighted by atomic mass is 10.0. The molecule has 0 bridgehead atoms. The highest BCUT2D eigenvalue weighted by Gasteiger charge is 2.33. The first-order valence-electron chi connectivity index (χ1n) is 3.96. The minimum atomic E-state index is -3.11. The van der Waals surface area contributed by atoms with Gasteiger partial charge in [-0.15, -0.1) is 0 Å². The van der Waals surface area contributed by atoms with Crippen LogP contribution >= 0.6 is 0 Å². The molecule has 1 heterocycles. The van der Waals surface area contributed by atoms with E-state index in [1.54, 1.807) is 0 Å². The first kappa shape index (κ1) is 9.92. The van der Waals surface area contributed by atoms with Crippen molar-refractivity contribution in [1.29, 1.82) is 0 Å². The summed E-state index contributed by atoms with van der Waals surface area (Å²) in [7, 11) is -3.11. The summed E-state index contributed by atoms with van der Waals surface area (Å²) in [4.78, 5) is 0. The van der Waals surface area contributed by atoms with Crippen LogP contribution < -0.4 is 0 Å². The van der Waals surface area contributed by atoms with Crippen LogP contribution in [0.15, 0.2) is 0 Å². The second kappa shape index (κ2) is 3.30. The van der Waals surface area contributed by atoms with Gasteiger partial charge in [0, 0.05) is 19.0 Å². The molecular formula is C7H14FNO2S. The van der Waals surface area contributed by atoms with Gasteiger partial charge in [-0.2, -0.15) is 0 Å². The van der Waals surface area contributed by atoms with Crippen LogP contribution in [0.4, 0.5) is 4.39 Å². The molecular weight excluding hydrogens is 181 g/mol. The van der Waals surface area contributed by atoms with Gasteiger partial charge in [-0.25, -0.2) is 12.7 Å². The fourth-order valence-corrected chi connectivity index (χ4v) is 2.43. The Bertz CT molecular complexity index is 252. The van der Waals surface area contributed by atoms with Gasteiger partial charge >= 0.3 is 0 Å². The molecule has 2 unspecified atom stereocenters. The second-order valence-corrected chi connectivity index (χ2v) is 5.45. The summed E-state index contributed by atoms with van der Waals surface area (Å²) in [5.41, 5.74) is 0. The van der Waals surface area contributed by atoms with Crippen LogP contribution in [0.25, 0.3) is 0 Å². The number of nitrogens with zero attached hydrogens (tertiary/aromatic N) is 1. The molecule has 0 aromatic rings. The van der Waals surface area contributed by atoms with E-state index in [-0.39, 0.29) is 11.8 Å². The molecule has 0 aromatic heterocycles. The third-order valence-corrected chi connectivity index (χ3v) is 3.64. The average molecular weight is 195 g/mol. The van der Waals surface area contributed by atoms with Gasteiger partial charge in [-0.3, -0.25) is 4.39 Å². The minimum Gasteiger partial charge on any atom is -0.251 e. The molecule has 2 atom stereocenters. The van der Waals surface area contributed by atoms with Gasteiger partial charge in [0.05, 0.1) is 12.9 Å². The minimum absolute atomic E-state index is 0.111. The van der Waals surface area contributed by atoms with Crippen LogP contribution in [-0.2, 0) is 10.0 Å². The molecule has 5 heteroatoms. The fraction of sp³-hybridized carbons (Fsp3) is 1.00. The Morgan fingerprint density at radius 1 is 1.50 bits per heavy atom. The first-order valence-corrected chi connectivity index (χ1v) is 5.81. The normalized spacial score (nSPS) is 32.6. The van der Waals surface area contributed by atoms with E-state index in [4.69, 9.17) is 0 Å². The van der Waals surface area contributed by atoms with E-state index < -0.39 is 16.7 Å². The molecule has 12 heavy (non-hydrogen) atoms. The smallest absolute Gasteiger partial charge is 0.211 e. The zero-order valence-corrected chi connectivity index (χ0v) is 8.14. The topological polar surface area (TPSA) is 37.4 Å². The third-order valence-electron chi connectivity index (χ3n) is 2.40. The maximum Gasteiger partial charge on any atom is 0.211 e. The molecule has 0 aromatic carbocycles. The van der Waals surface area contributed by atoms with E-state index in [0.29, 0.717) is 13.1 Å². The van der Waals surface area contributed by atoms with Crippen molar-refractivity contribution in [3.05, 3.63) is 0 Å². The summed E-state index contributed by atoms with van der Waals surface area (Å²) in [6.45, 7) is 2.27. The Morgan fingerprint density at radius 2 is 2.08 bits per heavy atom. The van der Waals surface area contributed by atoms with Crippen LogP contribution in [0.2, 0.25) is 0 Å². The van der Waals surface area contributed by atoms with E-state index >= 15 is 0 Å². The maximum atomic E-state index is 12.3. The van der Waals surface area contributed by atoms with Gasteiger partial charge in [0.2, 0.25) is 10.0 Å². The zero-order chi connectivity index (χ0) is 9.35. The standard InChI is InChI=1S/C7H14FNO2S/c1-6-4-9(12(2,10)11)5-7(6)3-8/h6-7H,3-5H2,1-2H3. The van der Waals surface area contributed by atoms with Crippen molar-refractivity contribution in [1.82, 2.24) is 4.31 Å². The van der Waals surface area contributed by atoms with Crippen molar-refractivity contribution in [2.45, 2.75) is 6.92 Å². The van der Waals surface area contributed by atoms with Crippen LogP contribution in [0.3, 0.4) is 0 Å². The molecule has 0 N–H and O–H groups in total. The van der Waals surface area contributed by atoms with Crippen molar-refractivity contribution in [2.24, 2.45) is 11.8 Å². The van der Waals surface area contributed by atoms with Crippen LogP contribution in [0.1, 0.15) is 6.92 Å². The molecule has 1 aliphatic heterocycles. The summed E-state index contributed by atoms with van der Waals surface area (Å²) < 4.78 is 35.7. The van der Waals surface area contributed by atoms with Gasteiger partial charge in [0.25, 0.3) is 0 Å². The van der Waals surface area contributed by atoms with Gasteiger partial charge < -0.3 is 0 Å². The largest absolute Gasteiger partial charge is 0.251 e. The molecule has 0 aliphatic carbocycles. The summed E-state index contributed by atoms with van der Waals surface area (Å²) in [6, 6.07) is 0. The van der Waals surface area contributed by atoms with Crippen LogP contribution in [-0.4, -0.2) is 38.7 Å².